The van der Waals surface area contributed by atoms with Crippen LogP contribution in [0.2, 0.25) is 0 Å². The molecular weight excluding hydrogens is 217 g/mol. The predicted molar refractivity (Wildman–Crippen MR) is 62.7 cm³/mol. The van der Waals surface area contributed by atoms with Crippen LogP contribution in [0.4, 0.5) is 10.2 Å². The molecule has 0 aliphatic heterocycles. The molecule has 1 aromatic heterocycles. The molecule has 0 amide bonds. The third-order valence-electron chi connectivity index (χ3n) is 2.33. The van der Waals surface area contributed by atoms with Crippen molar-refractivity contribution >= 4 is 5.82 Å². The van der Waals surface area contributed by atoms with Crippen LogP contribution < -0.4 is 5.32 Å². The number of nitrogens with zero attached hydrogens (tertiary/aromatic N) is 2. The molecule has 1 N–H and O–H groups in total. The van der Waals surface area contributed by atoms with Gasteiger partial charge in [0.1, 0.15) is 17.7 Å². The summed E-state index contributed by atoms with van der Waals surface area (Å²) in [6, 6.07) is 11.9. The standard InChI is InChI=1S/C13H10FN3/c14-12-6-2-1-4-11(12)9-17-13-10(8-15)5-3-7-16-13/h1-7H,9H2,(H,16,17). The molecule has 0 unspecified atom stereocenters. The van der Waals surface area contributed by atoms with E-state index in [0.717, 1.165) is 0 Å². The molecule has 4 heteroatoms. The van der Waals surface area contributed by atoms with Gasteiger partial charge in [-0.1, -0.05) is 18.2 Å². The average molecular weight is 227 g/mol. The van der Waals surface area contributed by atoms with Gasteiger partial charge in [-0.2, -0.15) is 5.26 Å². The molecule has 1 heterocycles. The fourth-order valence-electron chi connectivity index (χ4n) is 1.46. The Bertz CT molecular complexity index is 561. The molecule has 3 nitrogen and oxygen atoms in total. The van der Waals surface area contributed by atoms with Gasteiger partial charge in [0.15, 0.2) is 0 Å². The maximum Gasteiger partial charge on any atom is 0.144 e. The highest BCUT2D eigenvalue weighted by Crippen LogP contribution is 2.13. The van der Waals surface area contributed by atoms with Crippen LogP contribution in [0.3, 0.4) is 0 Å². The van der Waals surface area contributed by atoms with E-state index in [1.165, 1.54) is 6.07 Å². The van der Waals surface area contributed by atoms with E-state index in [0.29, 0.717) is 23.5 Å². The van der Waals surface area contributed by atoms with E-state index >= 15 is 0 Å². The van der Waals surface area contributed by atoms with Gasteiger partial charge in [-0.25, -0.2) is 9.37 Å². The summed E-state index contributed by atoms with van der Waals surface area (Å²) in [5.41, 5.74) is 0.992. The minimum Gasteiger partial charge on any atom is -0.365 e. The van der Waals surface area contributed by atoms with Crippen LogP contribution in [-0.2, 0) is 6.54 Å². The second kappa shape index (κ2) is 5.08. The number of hydrogen-bond acceptors (Lipinski definition) is 3. The molecule has 0 radical (unpaired) electrons. The van der Waals surface area contributed by atoms with Crippen molar-refractivity contribution in [2.24, 2.45) is 0 Å². The van der Waals surface area contributed by atoms with Crippen LogP contribution in [0, 0.1) is 17.1 Å². The van der Waals surface area contributed by atoms with Gasteiger partial charge in [0.05, 0.1) is 5.56 Å². The summed E-state index contributed by atoms with van der Waals surface area (Å²) in [5.74, 6) is 0.202. The van der Waals surface area contributed by atoms with Crippen molar-refractivity contribution in [3.05, 3.63) is 59.5 Å². The number of rotatable bonds is 3. The zero-order chi connectivity index (χ0) is 12.1. The maximum absolute atomic E-state index is 13.3. The summed E-state index contributed by atoms with van der Waals surface area (Å²) in [5, 5.41) is 11.8. The summed E-state index contributed by atoms with van der Waals surface area (Å²) >= 11 is 0. The smallest absolute Gasteiger partial charge is 0.144 e. The molecule has 0 fully saturated rings. The lowest BCUT2D eigenvalue weighted by Gasteiger charge is -2.07. The third kappa shape index (κ3) is 2.58. The molecule has 0 atom stereocenters. The lowest BCUT2D eigenvalue weighted by molar-refractivity contribution is 0.613. The molecule has 0 bridgehead atoms. The van der Waals surface area contributed by atoms with Gasteiger partial charge >= 0.3 is 0 Å². The first-order valence-corrected chi connectivity index (χ1v) is 5.13. The maximum atomic E-state index is 13.3. The first kappa shape index (κ1) is 11.1. The summed E-state index contributed by atoms with van der Waals surface area (Å²) < 4.78 is 13.3. The van der Waals surface area contributed by atoms with E-state index < -0.39 is 0 Å². The van der Waals surface area contributed by atoms with Crippen molar-refractivity contribution in [3.63, 3.8) is 0 Å². The van der Waals surface area contributed by atoms with Crippen molar-refractivity contribution < 1.29 is 4.39 Å². The highest BCUT2D eigenvalue weighted by Gasteiger charge is 2.04. The van der Waals surface area contributed by atoms with Gasteiger partial charge in [-0.3, -0.25) is 0 Å². The number of halogens is 1. The number of pyridine rings is 1. The Balaban J connectivity index is 2.13. The summed E-state index contributed by atoms with van der Waals surface area (Å²) in [4.78, 5) is 4.04. The van der Waals surface area contributed by atoms with Gasteiger partial charge in [0.25, 0.3) is 0 Å². The molecule has 0 aliphatic rings. The number of nitrogens with one attached hydrogen (secondary N) is 1. The van der Waals surface area contributed by atoms with Crippen LogP contribution >= 0.6 is 0 Å². The Morgan fingerprint density at radius 2 is 2.06 bits per heavy atom. The Labute approximate surface area is 98.5 Å². The van der Waals surface area contributed by atoms with E-state index in [2.05, 4.69) is 10.3 Å². The fourth-order valence-corrected chi connectivity index (χ4v) is 1.46. The highest BCUT2D eigenvalue weighted by atomic mass is 19.1. The third-order valence-corrected chi connectivity index (χ3v) is 2.33. The normalized spacial score (nSPS) is 9.65. The molecule has 0 saturated carbocycles. The summed E-state index contributed by atoms with van der Waals surface area (Å²) in [7, 11) is 0. The first-order chi connectivity index (χ1) is 8.31. The number of aromatic nitrogens is 1. The zero-order valence-corrected chi connectivity index (χ0v) is 9.02. The van der Waals surface area contributed by atoms with E-state index in [1.807, 2.05) is 6.07 Å². The van der Waals surface area contributed by atoms with Crippen LogP contribution in [-0.4, -0.2) is 4.98 Å². The molecule has 2 aromatic rings. The first-order valence-electron chi connectivity index (χ1n) is 5.13. The fraction of sp³-hybridized carbons (Fsp3) is 0.0769. The number of benzene rings is 1. The second-order valence-electron chi connectivity index (χ2n) is 3.46. The zero-order valence-electron chi connectivity index (χ0n) is 9.02. The Morgan fingerprint density at radius 1 is 1.24 bits per heavy atom. The predicted octanol–water partition coefficient (Wildman–Crippen LogP) is 2.70. The number of anilines is 1. The van der Waals surface area contributed by atoms with E-state index in [1.54, 1.807) is 36.5 Å². The molecule has 1 aromatic carbocycles. The van der Waals surface area contributed by atoms with E-state index in [-0.39, 0.29) is 5.82 Å². The summed E-state index contributed by atoms with van der Waals surface area (Å²) in [6.07, 6.45) is 1.59. The highest BCUT2D eigenvalue weighted by molar-refractivity contribution is 5.51. The minimum atomic E-state index is -0.269. The molecule has 0 spiro atoms. The monoisotopic (exact) mass is 227 g/mol. The van der Waals surface area contributed by atoms with Gasteiger partial charge in [-0.15, -0.1) is 0 Å². The van der Waals surface area contributed by atoms with Crippen molar-refractivity contribution in [1.82, 2.24) is 4.98 Å². The minimum absolute atomic E-state index is 0.269. The van der Waals surface area contributed by atoms with Gasteiger partial charge in [-0.05, 0) is 18.2 Å². The number of nitriles is 1. The van der Waals surface area contributed by atoms with Crippen molar-refractivity contribution in [3.8, 4) is 6.07 Å². The Morgan fingerprint density at radius 3 is 2.82 bits per heavy atom. The molecule has 84 valence electrons. The largest absolute Gasteiger partial charge is 0.365 e. The van der Waals surface area contributed by atoms with Gasteiger partial charge in [0, 0.05) is 18.3 Å². The van der Waals surface area contributed by atoms with Crippen molar-refractivity contribution in [1.29, 1.82) is 5.26 Å². The van der Waals surface area contributed by atoms with Crippen LogP contribution in [0.1, 0.15) is 11.1 Å². The Kier molecular flexibility index (Phi) is 3.31. The van der Waals surface area contributed by atoms with Crippen LogP contribution in [0.25, 0.3) is 0 Å². The molecule has 0 saturated heterocycles. The van der Waals surface area contributed by atoms with Crippen molar-refractivity contribution in [2.45, 2.75) is 6.54 Å². The second-order valence-corrected chi connectivity index (χ2v) is 3.46. The van der Waals surface area contributed by atoms with E-state index in [9.17, 15) is 4.39 Å². The van der Waals surface area contributed by atoms with Gasteiger partial charge in [0.2, 0.25) is 0 Å². The molecule has 2 rings (SSSR count). The molecule has 17 heavy (non-hydrogen) atoms. The van der Waals surface area contributed by atoms with Crippen LogP contribution in [0.5, 0.6) is 0 Å². The average Bonchev–Trinajstić information content (AvgIpc) is 2.38. The Hall–Kier alpha value is -2.41. The van der Waals surface area contributed by atoms with Crippen LogP contribution in [0.15, 0.2) is 42.6 Å². The topological polar surface area (TPSA) is 48.7 Å². The van der Waals surface area contributed by atoms with Crippen molar-refractivity contribution in [2.75, 3.05) is 5.32 Å². The van der Waals surface area contributed by atoms with Gasteiger partial charge < -0.3 is 5.32 Å². The summed E-state index contributed by atoms with van der Waals surface area (Å²) in [6.45, 7) is 0.304. The molecule has 0 aliphatic carbocycles. The lowest BCUT2D eigenvalue weighted by atomic mass is 10.2. The number of hydrogen-bond donors (Lipinski definition) is 1. The molecular formula is C13H10FN3. The lowest BCUT2D eigenvalue weighted by Crippen LogP contribution is -2.04. The van der Waals surface area contributed by atoms with E-state index in [4.69, 9.17) is 5.26 Å². The SMILES string of the molecule is N#Cc1cccnc1NCc1ccccc1F. The quantitative estimate of drug-likeness (QED) is 0.877.